The summed E-state index contributed by atoms with van der Waals surface area (Å²) in [6.07, 6.45) is 13.5. The number of fused-ring (bicyclic) bond motifs is 2. The zero-order valence-corrected chi connectivity index (χ0v) is 11.2. The predicted octanol–water partition coefficient (Wildman–Crippen LogP) is 4.13. The molecule has 94 valence electrons. The Morgan fingerprint density at radius 2 is 1.94 bits per heavy atom. The third kappa shape index (κ3) is 1.73. The first kappa shape index (κ1) is 11.7. The van der Waals surface area contributed by atoms with Crippen LogP contribution in [0.2, 0.25) is 0 Å². The lowest BCUT2D eigenvalue weighted by atomic mass is 9.75. The molecule has 3 aliphatic carbocycles. The molecule has 3 aliphatic rings. The van der Waals surface area contributed by atoms with Crippen molar-refractivity contribution in [3.63, 3.8) is 0 Å². The Balaban J connectivity index is 2.06. The van der Waals surface area contributed by atoms with Crippen LogP contribution in [-0.4, -0.2) is 5.78 Å². The lowest BCUT2D eigenvalue weighted by molar-refractivity contribution is -0.116. The van der Waals surface area contributed by atoms with E-state index in [0.29, 0.717) is 5.92 Å². The average Bonchev–Trinajstić information content (AvgIpc) is 2.74. The Kier molecular flexibility index (Phi) is 2.85. The van der Waals surface area contributed by atoms with Crippen LogP contribution in [-0.2, 0) is 4.79 Å². The van der Waals surface area contributed by atoms with Gasteiger partial charge in [-0.1, -0.05) is 23.8 Å². The van der Waals surface area contributed by atoms with E-state index in [9.17, 15) is 4.79 Å². The molecular formula is C17H20O. The molecule has 0 spiro atoms. The van der Waals surface area contributed by atoms with Crippen molar-refractivity contribution in [1.82, 2.24) is 0 Å². The zero-order chi connectivity index (χ0) is 12.7. The summed E-state index contributed by atoms with van der Waals surface area (Å²) in [4.78, 5) is 12.2. The van der Waals surface area contributed by atoms with E-state index in [4.69, 9.17) is 0 Å². The van der Waals surface area contributed by atoms with E-state index in [1.165, 1.54) is 41.6 Å². The molecule has 0 aromatic rings. The van der Waals surface area contributed by atoms with Crippen molar-refractivity contribution in [3.8, 4) is 0 Å². The van der Waals surface area contributed by atoms with E-state index < -0.39 is 0 Å². The molecule has 2 unspecified atom stereocenters. The quantitative estimate of drug-likeness (QED) is 0.630. The minimum atomic E-state index is 0.0351. The maximum atomic E-state index is 12.2. The summed E-state index contributed by atoms with van der Waals surface area (Å²) in [6.45, 7) is 4.27. The molecule has 1 nitrogen and oxygen atoms in total. The molecule has 0 radical (unpaired) electrons. The third-order valence-corrected chi connectivity index (χ3v) is 4.34. The van der Waals surface area contributed by atoms with Crippen LogP contribution in [0, 0.1) is 11.8 Å². The van der Waals surface area contributed by atoms with Gasteiger partial charge >= 0.3 is 0 Å². The Morgan fingerprint density at radius 1 is 1.17 bits per heavy atom. The van der Waals surface area contributed by atoms with Gasteiger partial charge in [0, 0.05) is 5.92 Å². The molecule has 0 aromatic heterocycles. The molecule has 0 fully saturated rings. The van der Waals surface area contributed by atoms with Crippen LogP contribution in [0.1, 0.15) is 39.5 Å². The normalized spacial score (nSPS) is 30.3. The molecule has 1 heteroatoms. The van der Waals surface area contributed by atoms with Crippen LogP contribution in [0.5, 0.6) is 0 Å². The van der Waals surface area contributed by atoms with Crippen molar-refractivity contribution < 1.29 is 4.79 Å². The first-order valence-electron chi connectivity index (χ1n) is 6.99. The van der Waals surface area contributed by atoms with Gasteiger partial charge in [-0.25, -0.2) is 0 Å². The van der Waals surface area contributed by atoms with Crippen molar-refractivity contribution >= 4 is 5.78 Å². The minimum absolute atomic E-state index is 0.0351. The second-order valence-electron chi connectivity index (χ2n) is 5.77. The topological polar surface area (TPSA) is 17.1 Å². The largest absolute Gasteiger partial charge is 0.294 e. The second-order valence-corrected chi connectivity index (χ2v) is 5.77. The van der Waals surface area contributed by atoms with Gasteiger partial charge in [0.15, 0.2) is 5.78 Å². The summed E-state index contributed by atoms with van der Waals surface area (Å²) in [5, 5.41) is 0. The molecular weight excluding hydrogens is 220 g/mol. The summed E-state index contributed by atoms with van der Waals surface area (Å²) in [6, 6.07) is 0. The Morgan fingerprint density at radius 3 is 2.61 bits per heavy atom. The van der Waals surface area contributed by atoms with Gasteiger partial charge in [0.2, 0.25) is 0 Å². The fourth-order valence-corrected chi connectivity index (χ4v) is 3.49. The van der Waals surface area contributed by atoms with Gasteiger partial charge in [-0.15, -0.1) is 0 Å². The summed E-state index contributed by atoms with van der Waals surface area (Å²) in [5.74, 6) is 0.688. The maximum absolute atomic E-state index is 12.2. The second kappa shape index (κ2) is 4.38. The first-order chi connectivity index (χ1) is 8.68. The average molecular weight is 240 g/mol. The smallest absolute Gasteiger partial charge is 0.166 e. The van der Waals surface area contributed by atoms with Gasteiger partial charge in [0.05, 0.1) is 5.92 Å². The van der Waals surface area contributed by atoms with Gasteiger partial charge in [-0.3, -0.25) is 4.79 Å². The van der Waals surface area contributed by atoms with Gasteiger partial charge in [0.25, 0.3) is 0 Å². The minimum Gasteiger partial charge on any atom is -0.294 e. The van der Waals surface area contributed by atoms with E-state index in [0.717, 1.165) is 6.42 Å². The lowest BCUT2D eigenvalue weighted by Crippen LogP contribution is -2.22. The van der Waals surface area contributed by atoms with Crippen LogP contribution in [0.15, 0.2) is 46.6 Å². The molecule has 0 saturated carbocycles. The van der Waals surface area contributed by atoms with Crippen LogP contribution in [0.25, 0.3) is 0 Å². The van der Waals surface area contributed by atoms with Gasteiger partial charge in [0.1, 0.15) is 0 Å². The van der Waals surface area contributed by atoms with Gasteiger partial charge in [-0.2, -0.15) is 0 Å². The molecule has 2 bridgehead atoms. The Bertz CT molecular complexity index is 510. The standard InChI is InChI=1S/C17H20O/c1-11(2)17-13-8-9-14(17)16(18)10-15(13)12-6-4-3-5-7-12/h6,8-10,13-14H,3-5,7H2,1-2H3. The van der Waals surface area contributed by atoms with Crippen molar-refractivity contribution in [3.05, 3.63) is 46.6 Å². The third-order valence-electron chi connectivity index (χ3n) is 4.34. The highest BCUT2D eigenvalue weighted by Gasteiger charge is 2.37. The number of ketones is 1. The van der Waals surface area contributed by atoms with Gasteiger partial charge < -0.3 is 0 Å². The number of hydrogen-bond donors (Lipinski definition) is 0. The van der Waals surface area contributed by atoms with Crippen LogP contribution >= 0.6 is 0 Å². The zero-order valence-electron chi connectivity index (χ0n) is 11.2. The maximum Gasteiger partial charge on any atom is 0.166 e. The predicted molar refractivity (Wildman–Crippen MR) is 74.1 cm³/mol. The summed E-state index contributed by atoms with van der Waals surface area (Å²) in [7, 11) is 0. The highest BCUT2D eigenvalue weighted by molar-refractivity contribution is 5.99. The number of carbonyl (C=O) groups excluding carboxylic acids is 1. The molecule has 0 saturated heterocycles. The molecule has 2 atom stereocenters. The van der Waals surface area contributed by atoms with E-state index in [2.05, 4.69) is 32.1 Å². The van der Waals surface area contributed by atoms with Crippen molar-refractivity contribution in [1.29, 1.82) is 0 Å². The number of rotatable bonds is 1. The molecule has 0 amide bonds. The monoisotopic (exact) mass is 240 g/mol. The van der Waals surface area contributed by atoms with Crippen molar-refractivity contribution in [2.45, 2.75) is 39.5 Å². The van der Waals surface area contributed by atoms with E-state index >= 15 is 0 Å². The van der Waals surface area contributed by atoms with Crippen molar-refractivity contribution in [2.24, 2.45) is 11.8 Å². The van der Waals surface area contributed by atoms with Crippen LogP contribution in [0.4, 0.5) is 0 Å². The van der Waals surface area contributed by atoms with Crippen LogP contribution < -0.4 is 0 Å². The van der Waals surface area contributed by atoms with E-state index in [1.807, 2.05) is 6.08 Å². The van der Waals surface area contributed by atoms with Crippen molar-refractivity contribution in [2.75, 3.05) is 0 Å². The lowest BCUT2D eigenvalue weighted by Gasteiger charge is -2.28. The fourth-order valence-electron chi connectivity index (χ4n) is 3.49. The van der Waals surface area contributed by atoms with Gasteiger partial charge in [-0.05, 0) is 62.3 Å². The van der Waals surface area contributed by atoms with Crippen LogP contribution in [0.3, 0.4) is 0 Å². The molecule has 0 aromatic carbocycles. The first-order valence-corrected chi connectivity index (χ1v) is 6.99. The SMILES string of the molecule is CC(C)=C1C2C=CC1C(C1=CCCCC1)=CC2=O. The Labute approximate surface area is 109 Å². The summed E-state index contributed by atoms with van der Waals surface area (Å²) < 4.78 is 0. The molecule has 3 rings (SSSR count). The molecule has 0 heterocycles. The summed E-state index contributed by atoms with van der Waals surface area (Å²) >= 11 is 0. The fraction of sp³-hybridized carbons (Fsp3) is 0.471. The number of allylic oxidation sites excluding steroid dienone is 8. The highest BCUT2D eigenvalue weighted by Crippen LogP contribution is 2.45. The highest BCUT2D eigenvalue weighted by atomic mass is 16.1. The molecule has 0 aliphatic heterocycles. The van der Waals surface area contributed by atoms with E-state index in [1.54, 1.807) is 0 Å². The number of hydrogen-bond acceptors (Lipinski definition) is 1. The Hall–Kier alpha value is -1.37. The molecule has 0 N–H and O–H groups in total. The summed E-state index contributed by atoms with van der Waals surface area (Å²) in [5.41, 5.74) is 5.35. The molecule has 18 heavy (non-hydrogen) atoms. The van der Waals surface area contributed by atoms with E-state index in [-0.39, 0.29) is 11.7 Å². The number of carbonyl (C=O) groups is 1.